The minimum absolute atomic E-state index is 0.0540. The molecule has 0 bridgehead atoms. The van der Waals surface area contributed by atoms with E-state index in [-0.39, 0.29) is 29.7 Å². The second kappa shape index (κ2) is 10.3. The Balaban J connectivity index is 1.11. The topological polar surface area (TPSA) is 119 Å². The number of likely N-dealkylation sites (tertiary alicyclic amines) is 1. The van der Waals surface area contributed by atoms with Gasteiger partial charge in [-0.05, 0) is 74.0 Å². The Morgan fingerprint density at radius 1 is 1.03 bits per heavy atom. The van der Waals surface area contributed by atoms with Crippen LogP contribution in [0.3, 0.4) is 0 Å². The summed E-state index contributed by atoms with van der Waals surface area (Å²) in [7, 11) is 0. The number of phenolic OH excluding ortho intramolecular Hbond substituents is 1. The third kappa shape index (κ3) is 5.34. The van der Waals surface area contributed by atoms with Crippen LogP contribution in [0.25, 0.3) is 0 Å². The molecule has 2 fully saturated rings. The van der Waals surface area contributed by atoms with Crippen LogP contribution in [0.5, 0.6) is 5.75 Å². The molecule has 1 unspecified atom stereocenters. The number of carbonyl (C=O) groups is 4. The minimum Gasteiger partial charge on any atom is -0.508 e. The highest BCUT2D eigenvalue weighted by Gasteiger charge is 2.44. The normalized spacial score (nSPS) is 21.9. The van der Waals surface area contributed by atoms with Gasteiger partial charge in [0.1, 0.15) is 17.6 Å². The van der Waals surface area contributed by atoms with E-state index in [1.807, 2.05) is 0 Å². The van der Waals surface area contributed by atoms with Crippen LogP contribution in [0.4, 0.5) is 10.1 Å². The predicted molar refractivity (Wildman–Crippen MR) is 133 cm³/mol. The fraction of sp³-hybridized carbons (Fsp3) is 0.407. The molecule has 194 valence electrons. The molecule has 9 nitrogen and oxygen atoms in total. The molecule has 2 saturated heterocycles. The molecule has 37 heavy (non-hydrogen) atoms. The van der Waals surface area contributed by atoms with Gasteiger partial charge in [-0.1, -0.05) is 0 Å². The van der Waals surface area contributed by atoms with E-state index in [0.29, 0.717) is 18.9 Å². The lowest BCUT2D eigenvalue weighted by Gasteiger charge is -2.27. The number of nitrogens with one attached hydrogen (secondary N) is 2. The summed E-state index contributed by atoms with van der Waals surface area (Å²) in [4.78, 5) is 52.8. The Bertz CT molecular complexity index is 1250. The number of piperidine rings is 1. The Hall–Kier alpha value is -3.79. The van der Waals surface area contributed by atoms with Gasteiger partial charge in [-0.2, -0.15) is 0 Å². The number of carbonyl (C=O) groups excluding carboxylic acids is 4. The Morgan fingerprint density at radius 3 is 2.62 bits per heavy atom. The van der Waals surface area contributed by atoms with Crippen molar-refractivity contribution >= 4 is 29.3 Å². The lowest BCUT2D eigenvalue weighted by Crippen LogP contribution is -2.54. The maximum Gasteiger partial charge on any atom is 0.262 e. The summed E-state index contributed by atoms with van der Waals surface area (Å²) < 4.78 is 13.5. The zero-order valence-corrected chi connectivity index (χ0v) is 20.3. The standard InChI is InChI=1S/C27H29FN4O5/c28-18-11-17(12-20(33)13-18)7-10-31-9-6-16(15-31)5-8-29-19-1-2-21-22(14-19)27(37)32(26(21)36)23-3-4-24(34)30-25(23)35/h1-2,11-14,16,23,29,33H,3-10,15H2,(H,30,34,35)/t16-,23?/m1/s1. The largest absolute Gasteiger partial charge is 0.508 e. The van der Waals surface area contributed by atoms with Crippen molar-refractivity contribution in [2.24, 2.45) is 5.92 Å². The van der Waals surface area contributed by atoms with Crippen LogP contribution in [0.2, 0.25) is 0 Å². The molecule has 3 aliphatic rings. The first-order chi connectivity index (χ1) is 17.8. The van der Waals surface area contributed by atoms with Gasteiger partial charge in [0.25, 0.3) is 11.8 Å². The number of halogens is 1. The number of fused-ring (bicyclic) bond motifs is 1. The van der Waals surface area contributed by atoms with Crippen molar-refractivity contribution in [3.05, 3.63) is 58.9 Å². The molecule has 3 aliphatic heterocycles. The lowest BCUT2D eigenvalue weighted by molar-refractivity contribution is -0.136. The monoisotopic (exact) mass is 508 g/mol. The molecule has 4 amide bonds. The summed E-state index contributed by atoms with van der Waals surface area (Å²) >= 11 is 0. The van der Waals surface area contributed by atoms with Gasteiger partial charge in [0.2, 0.25) is 11.8 Å². The van der Waals surface area contributed by atoms with E-state index in [1.54, 1.807) is 24.3 Å². The van der Waals surface area contributed by atoms with E-state index in [0.717, 1.165) is 54.7 Å². The van der Waals surface area contributed by atoms with E-state index in [9.17, 15) is 28.7 Å². The number of hydrogen-bond acceptors (Lipinski definition) is 7. The molecule has 3 heterocycles. The first kappa shape index (κ1) is 24.9. The van der Waals surface area contributed by atoms with E-state index in [1.165, 1.54) is 6.07 Å². The molecule has 0 saturated carbocycles. The minimum atomic E-state index is -0.974. The SMILES string of the molecule is O=C1CCC(N2C(=O)c3ccc(NCC[C@@H]4CCN(CCc5cc(O)cc(F)c5)C4)cc3C2=O)C(=O)N1. The third-order valence-corrected chi connectivity index (χ3v) is 7.35. The van der Waals surface area contributed by atoms with Crippen LogP contribution in [0, 0.1) is 11.7 Å². The molecule has 5 rings (SSSR count). The Morgan fingerprint density at radius 2 is 1.84 bits per heavy atom. The molecule has 3 N–H and O–H groups in total. The number of rotatable bonds is 8. The summed E-state index contributed by atoms with van der Waals surface area (Å²) in [6, 6.07) is 8.19. The number of nitrogens with zero attached hydrogens (tertiary/aromatic N) is 2. The molecule has 2 atom stereocenters. The van der Waals surface area contributed by atoms with Gasteiger partial charge in [0.15, 0.2) is 0 Å². The molecular weight excluding hydrogens is 479 g/mol. The van der Waals surface area contributed by atoms with Crippen LogP contribution >= 0.6 is 0 Å². The molecule has 10 heteroatoms. The van der Waals surface area contributed by atoms with Gasteiger partial charge in [-0.25, -0.2) is 4.39 Å². The van der Waals surface area contributed by atoms with Crippen molar-refractivity contribution in [3.63, 3.8) is 0 Å². The van der Waals surface area contributed by atoms with Gasteiger partial charge >= 0.3 is 0 Å². The maximum absolute atomic E-state index is 13.5. The number of benzene rings is 2. The van der Waals surface area contributed by atoms with Crippen molar-refractivity contribution in [1.82, 2.24) is 15.1 Å². The quantitative estimate of drug-likeness (QED) is 0.468. The molecule has 2 aromatic carbocycles. The molecule has 0 radical (unpaired) electrons. The van der Waals surface area contributed by atoms with Crippen molar-refractivity contribution in [2.75, 3.05) is 31.5 Å². The van der Waals surface area contributed by atoms with Crippen LogP contribution in [0.15, 0.2) is 36.4 Å². The number of amides is 4. The molecule has 0 aliphatic carbocycles. The smallest absolute Gasteiger partial charge is 0.262 e. The molecule has 2 aromatic rings. The van der Waals surface area contributed by atoms with Gasteiger partial charge < -0.3 is 15.3 Å². The highest BCUT2D eigenvalue weighted by Crippen LogP contribution is 2.30. The molecular formula is C27H29FN4O5. The van der Waals surface area contributed by atoms with Crippen molar-refractivity contribution in [3.8, 4) is 5.75 Å². The van der Waals surface area contributed by atoms with Crippen LogP contribution in [-0.4, -0.2) is 70.8 Å². The fourth-order valence-electron chi connectivity index (χ4n) is 5.42. The summed E-state index contributed by atoms with van der Waals surface area (Å²) in [5.41, 5.74) is 2.03. The summed E-state index contributed by atoms with van der Waals surface area (Å²) in [6.07, 6.45) is 2.89. The van der Waals surface area contributed by atoms with Gasteiger partial charge in [-0.3, -0.25) is 29.4 Å². The van der Waals surface area contributed by atoms with Gasteiger partial charge in [0, 0.05) is 37.8 Å². The lowest BCUT2D eigenvalue weighted by atomic mass is 10.0. The Labute approximate surface area is 213 Å². The fourth-order valence-corrected chi connectivity index (χ4v) is 5.42. The van der Waals surface area contributed by atoms with Crippen LogP contribution < -0.4 is 10.6 Å². The number of hydrogen-bond donors (Lipinski definition) is 3. The van der Waals surface area contributed by atoms with E-state index in [4.69, 9.17) is 0 Å². The first-order valence-electron chi connectivity index (χ1n) is 12.6. The van der Waals surface area contributed by atoms with Crippen LogP contribution in [-0.2, 0) is 16.0 Å². The summed E-state index contributed by atoms with van der Waals surface area (Å²) in [6.45, 7) is 3.42. The van der Waals surface area contributed by atoms with Crippen LogP contribution in [0.1, 0.15) is 52.0 Å². The number of aromatic hydroxyl groups is 1. The Kier molecular flexibility index (Phi) is 6.92. The highest BCUT2D eigenvalue weighted by atomic mass is 19.1. The average molecular weight is 509 g/mol. The zero-order chi connectivity index (χ0) is 26.1. The number of phenols is 1. The average Bonchev–Trinajstić information content (AvgIpc) is 3.40. The summed E-state index contributed by atoms with van der Waals surface area (Å²) in [5, 5.41) is 15.1. The van der Waals surface area contributed by atoms with E-state index in [2.05, 4.69) is 15.5 Å². The maximum atomic E-state index is 13.5. The van der Waals surface area contributed by atoms with E-state index >= 15 is 0 Å². The molecule has 0 spiro atoms. The first-order valence-corrected chi connectivity index (χ1v) is 12.6. The van der Waals surface area contributed by atoms with Gasteiger partial charge in [-0.15, -0.1) is 0 Å². The van der Waals surface area contributed by atoms with Crippen molar-refractivity contribution in [1.29, 1.82) is 0 Å². The zero-order valence-electron chi connectivity index (χ0n) is 20.3. The third-order valence-electron chi connectivity index (χ3n) is 7.35. The second-order valence-corrected chi connectivity index (χ2v) is 9.95. The molecule has 0 aromatic heterocycles. The van der Waals surface area contributed by atoms with E-state index < -0.39 is 35.5 Å². The van der Waals surface area contributed by atoms with Crippen molar-refractivity contribution in [2.45, 2.75) is 38.1 Å². The predicted octanol–water partition coefficient (Wildman–Crippen LogP) is 2.30. The summed E-state index contributed by atoms with van der Waals surface area (Å²) in [5.74, 6) is -2.03. The van der Waals surface area contributed by atoms with Crippen molar-refractivity contribution < 1.29 is 28.7 Å². The van der Waals surface area contributed by atoms with Gasteiger partial charge in [0.05, 0.1) is 11.1 Å². The number of anilines is 1. The number of imide groups is 2. The highest BCUT2D eigenvalue weighted by molar-refractivity contribution is 6.23. The second-order valence-electron chi connectivity index (χ2n) is 9.95.